The minimum atomic E-state index is -0.384. The van der Waals surface area contributed by atoms with Crippen LogP contribution in [-0.4, -0.2) is 23.1 Å². The summed E-state index contributed by atoms with van der Waals surface area (Å²) < 4.78 is 0. The Morgan fingerprint density at radius 1 is 0.933 bits per heavy atom. The van der Waals surface area contributed by atoms with E-state index in [0.717, 1.165) is 12.8 Å². The third-order valence-corrected chi connectivity index (χ3v) is 2.73. The SMILES string of the molecule is CCCCCCCCCCC(CO)OO. The molecule has 0 fully saturated rings. The number of hydrogen-bond acceptors (Lipinski definition) is 3. The molecule has 0 aromatic rings. The van der Waals surface area contributed by atoms with Gasteiger partial charge in [-0.3, -0.25) is 5.26 Å². The average Bonchev–Trinajstić information content (AvgIpc) is 2.27. The molecule has 0 saturated heterocycles. The molecule has 0 aliphatic heterocycles. The maximum atomic E-state index is 8.74. The summed E-state index contributed by atoms with van der Waals surface area (Å²) in [4.78, 5) is 4.11. The summed E-state index contributed by atoms with van der Waals surface area (Å²) in [6.07, 6.45) is 10.5. The van der Waals surface area contributed by atoms with Gasteiger partial charge in [-0.25, -0.2) is 4.89 Å². The molecule has 0 rings (SSSR count). The topological polar surface area (TPSA) is 49.7 Å². The molecule has 0 aliphatic rings. The van der Waals surface area contributed by atoms with Crippen molar-refractivity contribution in [2.75, 3.05) is 6.61 Å². The van der Waals surface area contributed by atoms with Crippen molar-refractivity contribution >= 4 is 0 Å². The standard InChI is InChI=1S/C12H26O3/c1-2-3-4-5-6-7-8-9-10-12(11-13)15-14/h12-14H,2-11H2,1H3. The van der Waals surface area contributed by atoms with Gasteiger partial charge in [-0.05, 0) is 6.42 Å². The summed E-state index contributed by atoms with van der Waals surface area (Å²) in [5, 5.41) is 17.1. The van der Waals surface area contributed by atoms with Crippen molar-refractivity contribution < 1.29 is 15.3 Å². The van der Waals surface area contributed by atoms with Crippen molar-refractivity contribution in [3.05, 3.63) is 0 Å². The highest BCUT2D eigenvalue weighted by atomic mass is 17.1. The molecule has 0 aromatic carbocycles. The first kappa shape index (κ1) is 14.9. The smallest absolute Gasteiger partial charge is 0.116 e. The third-order valence-electron chi connectivity index (χ3n) is 2.73. The first-order valence-corrected chi connectivity index (χ1v) is 6.26. The van der Waals surface area contributed by atoms with Crippen LogP contribution in [0.5, 0.6) is 0 Å². The van der Waals surface area contributed by atoms with Gasteiger partial charge in [0.15, 0.2) is 0 Å². The van der Waals surface area contributed by atoms with Gasteiger partial charge in [0, 0.05) is 0 Å². The minimum absolute atomic E-state index is 0.0903. The van der Waals surface area contributed by atoms with Gasteiger partial charge in [-0.2, -0.15) is 0 Å². The van der Waals surface area contributed by atoms with Crippen LogP contribution in [0.25, 0.3) is 0 Å². The number of aliphatic hydroxyl groups is 1. The molecule has 0 heterocycles. The first-order valence-electron chi connectivity index (χ1n) is 6.26. The molecule has 92 valence electrons. The second-order valence-electron chi connectivity index (χ2n) is 4.17. The molecule has 0 aliphatic carbocycles. The van der Waals surface area contributed by atoms with E-state index in [0.29, 0.717) is 0 Å². The van der Waals surface area contributed by atoms with Crippen LogP contribution in [0, 0.1) is 0 Å². The van der Waals surface area contributed by atoms with Gasteiger partial charge in [0.25, 0.3) is 0 Å². The van der Waals surface area contributed by atoms with Gasteiger partial charge in [0.05, 0.1) is 6.61 Å². The predicted molar refractivity (Wildman–Crippen MR) is 61.8 cm³/mol. The van der Waals surface area contributed by atoms with E-state index < -0.39 is 0 Å². The maximum absolute atomic E-state index is 8.74. The number of aliphatic hydroxyl groups excluding tert-OH is 1. The minimum Gasteiger partial charge on any atom is -0.394 e. The molecule has 0 bridgehead atoms. The first-order chi connectivity index (χ1) is 7.35. The van der Waals surface area contributed by atoms with Gasteiger partial charge in [-0.1, -0.05) is 58.3 Å². The molecule has 3 heteroatoms. The highest BCUT2D eigenvalue weighted by Crippen LogP contribution is 2.11. The predicted octanol–water partition coefficient (Wildman–Crippen LogP) is 3.37. The highest BCUT2D eigenvalue weighted by Gasteiger charge is 2.05. The quantitative estimate of drug-likeness (QED) is 0.317. The molecule has 15 heavy (non-hydrogen) atoms. The maximum Gasteiger partial charge on any atom is 0.116 e. The summed E-state index contributed by atoms with van der Waals surface area (Å²) >= 11 is 0. The molecule has 0 aromatic heterocycles. The van der Waals surface area contributed by atoms with Crippen LogP contribution < -0.4 is 0 Å². The Kier molecular flexibility index (Phi) is 11.9. The fourth-order valence-electron chi connectivity index (χ4n) is 1.68. The monoisotopic (exact) mass is 218 g/mol. The van der Waals surface area contributed by atoms with Crippen LogP contribution in [0.3, 0.4) is 0 Å². The van der Waals surface area contributed by atoms with E-state index in [4.69, 9.17) is 10.4 Å². The van der Waals surface area contributed by atoms with E-state index in [9.17, 15) is 0 Å². The lowest BCUT2D eigenvalue weighted by Crippen LogP contribution is -2.15. The zero-order chi connectivity index (χ0) is 11.4. The second kappa shape index (κ2) is 12.0. The number of unbranched alkanes of at least 4 members (excludes halogenated alkanes) is 7. The van der Waals surface area contributed by atoms with Crippen LogP contribution in [0.15, 0.2) is 0 Å². The zero-order valence-corrected chi connectivity index (χ0v) is 9.95. The zero-order valence-electron chi connectivity index (χ0n) is 9.95. The lowest BCUT2D eigenvalue weighted by molar-refractivity contribution is -0.286. The summed E-state index contributed by atoms with van der Waals surface area (Å²) in [5.74, 6) is 0. The van der Waals surface area contributed by atoms with Crippen molar-refractivity contribution in [3.63, 3.8) is 0 Å². The van der Waals surface area contributed by atoms with Gasteiger partial charge < -0.3 is 5.11 Å². The van der Waals surface area contributed by atoms with Gasteiger partial charge >= 0.3 is 0 Å². The van der Waals surface area contributed by atoms with Crippen LogP contribution >= 0.6 is 0 Å². The summed E-state index contributed by atoms with van der Waals surface area (Å²) in [5.41, 5.74) is 0. The molecule has 0 spiro atoms. The Balaban J connectivity index is 3.04. The van der Waals surface area contributed by atoms with Crippen molar-refractivity contribution in [2.45, 2.75) is 70.8 Å². The average molecular weight is 218 g/mol. The van der Waals surface area contributed by atoms with E-state index in [-0.39, 0.29) is 12.7 Å². The Hall–Kier alpha value is -0.120. The van der Waals surface area contributed by atoms with E-state index in [1.165, 1.54) is 44.9 Å². The Morgan fingerprint density at radius 3 is 1.93 bits per heavy atom. The third kappa shape index (κ3) is 10.2. The van der Waals surface area contributed by atoms with Gasteiger partial charge in [0.1, 0.15) is 6.10 Å². The van der Waals surface area contributed by atoms with E-state index in [2.05, 4.69) is 11.8 Å². The van der Waals surface area contributed by atoms with Crippen LogP contribution in [0.4, 0.5) is 0 Å². The largest absolute Gasteiger partial charge is 0.394 e. The van der Waals surface area contributed by atoms with Crippen LogP contribution in [0.2, 0.25) is 0 Å². The van der Waals surface area contributed by atoms with Crippen LogP contribution in [-0.2, 0) is 4.89 Å². The van der Waals surface area contributed by atoms with Crippen molar-refractivity contribution in [1.29, 1.82) is 0 Å². The molecule has 1 unspecified atom stereocenters. The van der Waals surface area contributed by atoms with Crippen molar-refractivity contribution in [1.82, 2.24) is 0 Å². The fourth-order valence-corrected chi connectivity index (χ4v) is 1.68. The normalized spacial score (nSPS) is 13.0. The lowest BCUT2D eigenvalue weighted by atomic mass is 10.1. The molecule has 1 atom stereocenters. The van der Waals surface area contributed by atoms with E-state index in [1.54, 1.807) is 0 Å². The number of hydrogen-bond donors (Lipinski definition) is 2. The second-order valence-corrected chi connectivity index (χ2v) is 4.17. The summed E-state index contributed by atoms with van der Waals surface area (Å²) in [6, 6.07) is 0. The molecule has 2 N–H and O–H groups in total. The van der Waals surface area contributed by atoms with Crippen molar-refractivity contribution in [2.24, 2.45) is 0 Å². The summed E-state index contributed by atoms with van der Waals surface area (Å²) in [6.45, 7) is 2.14. The van der Waals surface area contributed by atoms with Crippen molar-refractivity contribution in [3.8, 4) is 0 Å². The van der Waals surface area contributed by atoms with Crippen LogP contribution in [0.1, 0.15) is 64.7 Å². The van der Waals surface area contributed by atoms with Gasteiger partial charge in [-0.15, -0.1) is 0 Å². The Morgan fingerprint density at radius 2 is 1.47 bits per heavy atom. The Labute approximate surface area is 93.4 Å². The molecular formula is C12H26O3. The Bertz CT molecular complexity index is 113. The highest BCUT2D eigenvalue weighted by molar-refractivity contribution is 4.54. The molecular weight excluding hydrogens is 192 g/mol. The van der Waals surface area contributed by atoms with Gasteiger partial charge in [0.2, 0.25) is 0 Å². The van der Waals surface area contributed by atoms with E-state index in [1.807, 2.05) is 0 Å². The van der Waals surface area contributed by atoms with E-state index >= 15 is 0 Å². The summed E-state index contributed by atoms with van der Waals surface area (Å²) in [7, 11) is 0. The lowest BCUT2D eigenvalue weighted by Gasteiger charge is -2.09. The molecule has 3 nitrogen and oxygen atoms in total. The molecule has 0 radical (unpaired) electrons. The molecule has 0 saturated carbocycles. The fraction of sp³-hybridized carbons (Fsp3) is 1.00. The number of rotatable bonds is 11. The molecule has 0 amide bonds.